The average molecular weight is 302 g/mol. The minimum atomic E-state index is -4.62. The van der Waals surface area contributed by atoms with Crippen molar-refractivity contribution in [3.05, 3.63) is 59.4 Å². The highest BCUT2D eigenvalue weighted by Gasteiger charge is 2.32. The Balaban J connectivity index is 2.19. The normalized spacial score (nSPS) is 11.3. The lowest BCUT2D eigenvalue weighted by molar-refractivity contribution is -0.141. The Bertz CT molecular complexity index is 667. The summed E-state index contributed by atoms with van der Waals surface area (Å²) in [6.45, 7) is 0. The number of hydrogen-bond acceptors (Lipinski definition) is 2. The van der Waals surface area contributed by atoms with Crippen molar-refractivity contribution in [3.63, 3.8) is 0 Å². The Morgan fingerprint density at radius 1 is 1.10 bits per heavy atom. The average Bonchev–Trinajstić information content (AvgIpc) is 2.42. The van der Waals surface area contributed by atoms with E-state index < -0.39 is 35.1 Å². The van der Waals surface area contributed by atoms with Crippen LogP contribution in [0.4, 0.5) is 27.6 Å². The molecule has 0 bridgehead atoms. The number of benzene rings is 1. The molecule has 0 unspecified atom stereocenters. The zero-order valence-corrected chi connectivity index (χ0v) is 10.2. The van der Waals surface area contributed by atoms with Crippen LogP contribution in [0.15, 0.2) is 36.5 Å². The van der Waals surface area contributed by atoms with Gasteiger partial charge in [-0.15, -0.1) is 0 Å². The first-order valence-electron chi connectivity index (χ1n) is 5.57. The molecule has 1 N–H and O–H groups in total. The van der Waals surface area contributed by atoms with E-state index >= 15 is 0 Å². The molecule has 1 amide bonds. The highest BCUT2D eigenvalue weighted by Crippen LogP contribution is 2.27. The first-order valence-corrected chi connectivity index (χ1v) is 5.57. The van der Waals surface area contributed by atoms with Gasteiger partial charge in [0.05, 0.1) is 11.3 Å². The van der Waals surface area contributed by atoms with Gasteiger partial charge in [0.15, 0.2) is 0 Å². The Labute approximate surface area is 115 Å². The van der Waals surface area contributed by atoms with Crippen molar-refractivity contribution < 1.29 is 26.7 Å². The lowest BCUT2D eigenvalue weighted by Crippen LogP contribution is -2.15. The molecule has 0 aliphatic heterocycles. The SMILES string of the molecule is O=C(Nc1cc(F)ccc1F)c1ccc(C(F)(F)F)nc1. The van der Waals surface area contributed by atoms with E-state index in [-0.39, 0.29) is 5.56 Å². The summed E-state index contributed by atoms with van der Waals surface area (Å²) in [6, 6.07) is 3.95. The molecule has 0 aliphatic rings. The summed E-state index contributed by atoms with van der Waals surface area (Å²) in [5.41, 5.74) is -1.79. The number of alkyl halides is 3. The van der Waals surface area contributed by atoms with Crippen LogP contribution >= 0.6 is 0 Å². The Morgan fingerprint density at radius 2 is 1.81 bits per heavy atom. The summed E-state index contributed by atoms with van der Waals surface area (Å²) in [4.78, 5) is 14.8. The number of amides is 1. The van der Waals surface area contributed by atoms with Gasteiger partial charge in [-0.1, -0.05) is 0 Å². The Morgan fingerprint density at radius 3 is 2.38 bits per heavy atom. The molecule has 1 aromatic heterocycles. The molecule has 1 aromatic carbocycles. The van der Waals surface area contributed by atoms with Gasteiger partial charge >= 0.3 is 6.18 Å². The molecule has 0 atom stereocenters. The summed E-state index contributed by atoms with van der Waals surface area (Å²) in [7, 11) is 0. The van der Waals surface area contributed by atoms with Gasteiger partial charge in [-0.05, 0) is 24.3 Å². The highest BCUT2D eigenvalue weighted by atomic mass is 19.4. The molecule has 8 heteroatoms. The van der Waals surface area contributed by atoms with Gasteiger partial charge in [0.1, 0.15) is 17.3 Å². The Kier molecular flexibility index (Phi) is 3.88. The summed E-state index contributed by atoms with van der Waals surface area (Å²) in [5.74, 6) is -2.54. The number of carbonyl (C=O) groups is 1. The second-order valence-corrected chi connectivity index (χ2v) is 4.01. The van der Waals surface area contributed by atoms with Crippen LogP contribution in [0.25, 0.3) is 0 Å². The zero-order valence-electron chi connectivity index (χ0n) is 10.2. The van der Waals surface area contributed by atoms with Crippen LogP contribution in [0, 0.1) is 11.6 Å². The number of halogens is 5. The maximum Gasteiger partial charge on any atom is 0.433 e. The van der Waals surface area contributed by atoms with Crippen molar-refractivity contribution >= 4 is 11.6 Å². The summed E-state index contributed by atoms with van der Waals surface area (Å²) >= 11 is 0. The van der Waals surface area contributed by atoms with Crippen LogP contribution in [0.2, 0.25) is 0 Å². The zero-order chi connectivity index (χ0) is 15.6. The number of pyridine rings is 1. The fraction of sp³-hybridized carbons (Fsp3) is 0.0769. The van der Waals surface area contributed by atoms with E-state index in [1.165, 1.54) is 0 Å². The molecule has 21 heavy (non-hydrogen) atoms. The van der Waals surface area contributed by atoms with E-state index in [9.17, 15) is 26.7 Å². The van der Waals surface area contributed by atoms with Gasteiger partial charge in [-0.3, -0.25) is 9.78 Å². The molecule has 2 rings (SSSR count). The molecular formula is C13H7F5N2O. The van der Waals surface area contributed by atoms with Gasteiger partial charge in [0.2, 0.25) is 0 Å². The molecule has 3 nitrogen and oxygen atoms in total. The monoisotopic (exact) mass is 302 g/mol. The molecule has 0 fully saturated rings. The predicted octanol–water partition coefficient (Wildman–Crippen LogP) is 3.63. The molecule has 110 valence electrons. The number of rotatable bonds is 2. The van der Waals surface area contributed by atoms with E-state index in [1.54, 1.807) is 0 Å². The van der Waals surface area contributed by atoms with Crippen molar-refractivity contribution in [1.29, 1.82) is 0 Å². The minimum absolute atomic E-state index is 0.216. The fourth-order valence-corrected chi connectivity index (χ4v) is 1.48. The standard InChI is InChI=1S/C13H7F5N2O/c14-8-2-3-9(15)10(5-8)20-12(21)7-1-4-11(19-6-7)13(16,17)18/h1-6H,(H,20,21). The number of carbonyl (C=O) groups excluding carboxylic acids is 1. The van der Waals surface area contributed by atoms with Crippen LogP contribution < -0.4 is 5.32 Å². The molecule has 0 aliphatic carbocycles. The number of aromatic nitrogens is 1. The number of anilines is 1. The molecule has 0 radical (unpaired) electrons. The van der Waals surface area contributed by atoms with E-state index in [1.807, 2.05) is 0 Å². The van der Waals surface area contributed by atoms with Gasteiger partial charge in [-0.25, -0.2) is 8.78 Å². The number of nitrogens with zero attached hydrogens (tertiary/aromatic N) is 1. The van der Waals surface area contributed by atoms with Crippen molar-refractivity contribution in [3.8, 4) is 0 Å². The molecular weight excluding hydrogens is 295 g/mol. The maximum absolute atomic E-state index is 13.3. The second-order valence-electron chi connectivity index (χ2n) is 4.01. The molecule has 0 saturated carbocycles. The van der Waals surface area contributed by atoms with Crippen LogP contribution in [0.3, 0.4) is 0 Å². The third kappa shape index (κ3) is 3.53. The second kappa shape index (κ2) is 5.47. The smallest absolute Gasteiger partial charge is 0.319 e. The molecule has 2 aromatic rings. The van der Waals surface area contributed by atoms with Gasteiger partial charge < -0.3 is 5.32 Å². The van der Waals surface area contributed by atoms with Crippen LogP contribution in [-0.4, -0.2) is 10.9 Å². The predicted molar refractivity (Wildman–Crippen MR) is 63.6 cm³/mol. The third-order valence-corrected chi connectivity index (χ3v) is 2.49. The number of hydrogen-bond donors (Lipinski definition) is 1. The first-order chi connectivity index (χ1) is 9.77. The van der Waals surface area contributed by atoms with Crippen molar-refractivity contribution in [2.75, 3.05) is 5.32 Å². The number of nitrogens with one attached hydrogen (secondary N) is 1. The van der Waals surface area contributed by atoms with E-state index in [4.69, 9.17) is 0 Å². The van der Waals surface area contributed by atoms with Crippen molar-refractivity contribution in [2.24, 2.45) is 0 Å². The van der Waals surface area contributed by atoms with Gasteiger partial charge in [0.25, 0.3) is 5.91 Å². The molecule has 0 saturated heterocycles. The van der Waals surface area contributed by atoms with Crippen molar-refractivity contribution in [1.82, 2.24) is 4.98 Å². The summed E-state index contributed by atoms with van der Waals surface area (Å²) in [5, 5.41) is 2.05. The fourth-order valence-electron chi connectivity index (χ4n) is 1.48. The molecule has 0 spiro atoms. The van der Waals surface area contributed by atoms with Crippen LogP contribution in [0.1, 0.15) is 16.1 Å². The highest BCUT2D eigenvalue weighted by molar-refractivity contribution is 6.04. The van der Waals surface area contributed by atoms with E-state index in [0.29, 0.717) is 12.3 Å². The lowest BCUT2D eigenvalue weighted by atomic mass is 10.2. The molecule has 1 heterocycles. The Hall–Kier alpha value is -2.51. The third-order valence-electron chi connectivity index (χ3n) is 2.49. The topological polar surface area (TPSA) is 42.0 Å². The summed E-state index contributed by atoms with van der Waals surface area (Å²) < 4.78 is 63.2. The van der Waals surface area contributed by atoms with E-state index in [2.05, 4.69) is 10.3 Å². The first kappa shape index (κ1) is 14.9. The minimum Gasteiger partial charge on any atom is -0.319 e. The van der Waals surface area contributed by atoms with Gasteiger partial charge in [0, 0.05) is 12.3 Å². The largest absolute Gasteiger partial charge is 0.433 e. The van der Waals surface area contributed by atoms with Crippen molar-refractivity contribution in [2.45, 2.75) is 6.18 Å². The van der Waals surface area contributed by atoms with Crippen LogP contribution in [0.5, 0.6) is 0 Å². The maximum atomic E-state index is 13.3. The quantitative estimate of drug-likeness (QED) is 0.861. The summed E-state index contributed by atoms with van der Waals surface area (Å²) in [6.07, 6.45) is -3.92. The van der Waals surface area contributed by atoms with Crippen LogP contribution in [-0.2, 0) is 6.18 Å². The van der Waals surface area contributed by atoms with E-state index in [0.717, 1.165) is 24.3 Å². The lowest BCUT2D eigenvalue weighted by Gasteiger charge is -2.08. The van der Waals surface area contributed by atoms with Gasteiger partial charge in [-0.2, -0.15) is 13.2 Å².